The summed E-state index contributed by atoms with van der Waals surface area (Å²) in [6, 6.07) is 1.41. The van der Waals surface area contributed by atoms with E-state index < -0.39 is 0 Å². The zero-order valence-electron chi connectivity index (χ0n) is 5.81. The van der Waals surface area contributed by atoms with Gasteiger partial charge in [-0.05, 0) is 11.6 Å². The van der Waals surface area contributed by atoms with Gasteiger partial charge in [0, 0.05) is 11.1 Å². The second kappa shape index (κ2) is 3.71. The van der Waals surface area contributed by atoms with E-state index in [9.17, 15) is 4.79 Å². The van der Waals surface area contributed by atoms with Crippen LogP contribution in [0.5, 0.6) is 0 Å². The van der Waals surface area contributed by atoms with Gasteiger partial charge in [0.1, 0.15) is 5.15 Å². The van der Waals surface area contributed by atoms with Gasteiger partial charge in [0.05, 0.1) is 11.3 Å². The molecule has 6 heteroatoms. The normalized spacial score (nSPS) is 8.75. The second-order valence-corrected chi connectivity index (χ2v) is 2.20. The number of pyridine rings is 1. The molecule has 5 nitrogen and oxygen atoms in total. The topological polar surface area (TPSA) is 78.7 Å². The molecule has 60 valence electrons. The summed E-state index contributed by atoms with van der Waals surface area (Å²) in [5, 5.41) is 3.30. The Labute approximate surface area is 72.6 Å². The molecule has 0 N–H and O–H groups in total. The van der Waals surface area contributed by atoms with Crippen LogP contribution in [0, 0.1) is 0 Å². The number of aromatic nitrogens is 1. The number of hydrogen-bond donors (Lipinski definition) is 0. The first-order valence-corrected chi connectivity index (χ1v) is 3.32. The molecule has 0 aliphatic carbocycles. The average molecular weight is 183 g/mol. The standard InChI is InChI=1S/C6H3ClN4O/c7-6-4(3-12)5(10-11-8)1-2-9-6/h1-3H. The maximum Gasteiger partial charge on any atom is 0.153 e. The van der Waals surface area contributed by atoms with Crippen molar-refractivity contribution in [2.75, 3.05) is 0 Å². The summed E-state index contributed by atoms with van der Waals surface area (Å²) in [5.41, 5.74) is 8.41. The molecule has 0 radical (unpaired) electrons. The zero-order chi connectivity index (χ0) is 8.97. The summed E-state index contributed by atoms with van der Waals surface area (Å²) in [5.74, 6) is 0. The average Bonchev–Trinajstić information content (AvgIpc) is 2.05. The van der Waals surface area contributed by atoms with Crippen molar-refractivity contribution in [1.82, 2.24) is 4.98 Å². The Morgan fingerprint density at radius 2 is 2.50 bits per heavy atom. The molecule has 0 saturated heterocycles. The molecule has 1 heterocycles. The number of carbonyl (C=O) groups excluding carboxylic acids is 1. The Hall–Kier alpha value is -1.58. The highest BCUT2D eigenvalue weighted by molar-refractivity contribution is 6.32. The van der Waals surface area contributed by atoms with Crippen LogP contribution in [0.25, 0.3) is 10.4 Å². The van der Waals surface area contributed by atoms with E-state index in [-0.39, 0.29) is 16.4 Å². The van der Waals surface area contributed by atoms with Gasteiger partial charge in [0.2, 0.25) is 0 Å². The fraction of sp³-hybridized carbons (Fsp3) is 0. The van der Waals surface area contributed by atoms with Crippen molar-refractivity contribution in [3.05, 3.63) is 33.4 Å². The molecule has 0 aromatic carbocycles. The second-order valence-electron chi connectivity index (χ2n) is 1.84. The number of carbonyl (C=O) groups is 1. The number of halogens is 1. The van der Waals surface area contributed by atoms with Gasteiger partial charge in [-0.25, -0.2) is 4.98 Å². The van der Waals surface area contributed by atoms with Crippen molar-refractivity contribution in [3.8, 4) is 0 Å². The molecule has 0 aliphatic rings. The minimum absolute atomic E-state index is 0.0369. The Morgan fingerprint density at radius 3 is 3.08 bits per heavy atom. The first kappa shape index (κ1) is 8.52. The Bertz CT molecular complexity index is 359. The van der Waals surface area contributed by atoms with Crippen LogP contribution in [-0.4, -0.2) is 11.3 Å². The van der Waals surface area contributed by atoms with E-state index in [1.165, 1.54) is 12.3 Å². The summed E-state index contributed by atoms with van der Waals surface area (Å²) in [7, 11) is 0. The lowest BCUT2D eigenvalue weighted by atomic mass is 10.3. The van der Waals surface area contributed by atoms with Crippen LogP contribution in [0.4, 0.5) is 5.69 Å². The minimum Gasteiger partial charge on any atom is -0.298 e. The number of azide groups is 1. The maximum atomic E-state index is 10.4. The SMILES string of the molecule is [N-]=[N+]=Nc1ccnc(Cl)c1C=O. The summed E-state index contributed by atoms with van der Waals surface area (Å²) < 4.78 is 0. The van der Waals surface area contributed by atoms with Gasteiger partial charge in [-0.1, -0.05) is 16.7 Å². The number of hydrogen-bond acceptors (Lipinski definition) is 3. The molecule has 12 heavy (non-hydrogen) atoms. The van der Waals surface area contributed by atoms with Crippen LogP contribution in [0.1, 0.15) is 10.4 Å². The van der Waals surface area contributed by atoms with Crippen LogP contribution in [-0.2, 0) is 0 Å². The van der Waals surface area contributed by atoms with E-state index in [1.807, 2.05) is 0 Å². The highest BCUT2D eigenvalue weighted by atomic mass is 35.5. The lowest BCUT2D eigenvalue weighted by Crippen LogP contribution is -1.85. The molecule has 0 atom stereocenters. The van der Waals surface area contributed by atoms with Crippen LogP contribution in [0.3, 0.4) is 0 Å². The predicted molar refractivity (Wildman–Crippen MR) is 43.4 cm³/mol. The van der Waals surface area contributed by atoms with Crippen molar-refractivity contribution < 1.29 is 4.79 Å². The Morgan fingerprint density at radius 1 is 1.75 bits per heavy atom. The van der Waals surface area contributed by atoms with Gasteiger partial charge >= 0.3 is 0 Å². The molecule has 0 aliphatic heterocycles. The third kappa shape index (κ3) is 1.53. The predicted octanol–water partition coefficient (Wildman–Crippen LogP) is 2.49. The monoisotopic (exact) mass is 182 g/mol. The van der Waals surface area contributed by atoms with Crippen LogP contribution < -0.4 is 0 Å². The van der Waals surface area contributed by atoms with Crippen LogP contribution >= 0.6 is 11.6 Å². The molecule has 1 rings (SSSR count). The van der Waals surface area contributed by atoms with Crippen LogP contribution in [0.15, 0.2) is 17.4 Å². The lowest BCUT2D eigenvalue weighted by molar-refractivity contribution is 0.112. The highest BCUT2D eigenvalue weighted by Gasteiger charge is 2.04. The van der Waals surface area contributed by atoms with Crippen LogP contribution in [0.2, 0.25) is 5.15 Å². The van der Waals surface area contributed by atoms with Crippen molar-refractivity contribution >= 4 is 23.6 Å². The molecule has 1 aromatic rings. The fourth-order valence-corrected chi connectivity index (χ4v) is 0.880. The molecule has 0 amide bonds. The van der Waals surface area contributed by atoms with Gasteiger partial charge in [0.25, 0.3) is 0 Å². The summed E-state index contributed by atoms with van der Waals surface area (Å²) in [6.07, 6.45) is 1.86. The largest absolute Gasteiger partial charge is 0.298 e. The maximum absolute atomic E-state index is 10.4. The van der Waals surface area contributed by atoms with Gasteiger partial charge in [-0.2, -0.15) is 0 Å². The minimum atomic E-state index is 0.0369. The van der Waals surface area contributed by atoms with E-state index >= 15 is 0 Å². The highest BCUT2D eigenvalue weighted by Crippen LogP contribution is 2.22. The van der Waals surface area contributed by atoms with Crippen molar-refractivity contribution in [1.29, 1.82) is 0 Å². The number of nitrogens with zero attached hydrogens (tertiary/aromatic N) is 4. The van der Waals surface area contributed by atoms with E-state index in [0.717, 1.165) is 0 Å². The van der Waals surface area contributed by atoms with E-state index in [2.05, 4.69) is 15.0 Å². The molecule has 0 fully saturated rings. The van der Waals surface area contributed by atoms with Gasteiger partial charge in [-0.3, -0.25) is 4.79 Å². The smallest absolute Gasteiger partial charge is 0.153 e. The van der Waals surface area contributed by atoms with Gasteiger partial charge in [0.15, 0.2) is 6.29 Å². The van der Waals surface area contributed by atoms with Crippen molar-refractivity contribution in [2.24, 2.45) is 5.11 Å². The Balaban J connectivity index is 3.36. The third-order valence-electron chi connectivity index (χ3n) is 1.19. The molecule has 0 unspecified atom stereocenters. The van der Waals surface area contributed by atoms with E-state index in [0.29, 0.717) is 6.29 Å². The molecule has 0 bridgehead atoms. The third-order valence-corrected chi connectivity index (χ3v) is 1.49. The molecule has 0 saturated carbocycles. The Kier molecular flexibility index (Phi) is 2.63. The zero-order valence-corrected chi connectivity index (χ0v) is 6.56. The molecule has 1 aromatic heterocycles. The van der Waals surface area contributed by atoms with Crippen molar-refractivity contribution in [3.63, 3.8) is 0 Å². The molecular formula is C6H3ClN4O. The molecule has 0 spiro atoms. The lowest BCUT2D eigenvalue weighted by Gasteiger charge is -1.96. The fourth-order valence-electron chi connectivity index (χ4n) is 0.683. The summed E-state index contributed by atoms with van der Waals surface area (Å²) in [6.45, 7) is 0. The van der Waals surface area contributed by atoms with E-state index in [1.54, 1.807) is 0 Å². The van der Waals surface area contributed by atoms with Crippen molar-refractivity contribution in [2.45, 2.75) is 0 Å². The summed E-state index contributed by atoms with van der Waals surface area (Å²) in [4.78, 5) is 16.6. The first-order chi connectivity index (χ1) is 5.79. The first-order valence-electron chi connectivity index (χ1n) is 2.94. The van der Waals surface area contributed by atoms with E-state index in [4.69, 9.17) is 17.1 Å². The van der Waals surface area contributed by atoms with Gasteiger partial charge < -0.3 is 0 Å². The number of aldehydes is 1. The number of rotatable bonds is 2. The quantitative estimate of drug-likeness (QED) is 0.232. The summed E-state index contributed by atoms with van der Waals surface area (Å²) >= 11 is 5.54. The molecular weight excluding hydrogens is 180 g/mol. The van der Waals surface area contributed by atoms with Gasteiger partial charge in [-0.15, -0.1) is 0 Å².